The molecule has 5 nitrogen and oxygen atoms in total. The number of benzene rings is 2. The number of carbonyl (C=O) groups is 2. The summed E-state index contributed by atoms with van der Waals surface area (Å²) in [5.74, 6) is -0.445. The molecule has 0 fully saturated rings. The Morgan fingerprint density at radius 3 is 2.40 bits per heavy atom. The first-order valence-electron chi connectivity index (χ1n) is 8.10. The van der Waals surface area contributed by atoms with E-state index in [1.807, 2.05) is 61.5 Å². The van der Waals surface area contributed by atoms with Gasteiger partial charge in [-0.1, -0.05) is 60.2 Å². The highest BCUT2D eigenvalue weighted by molar-refractivity contribution is 5.95. The lowest BCUT2D eigenvalue weighted by molar-refractivity contribution is -0.140. The third-order valence-electron chi connectivity index (χ3n) is 4.11. The van der Waals surface area contributed by atoms with Gasteiger partial charge in [0.15, 0.2) is 0 Å². The van der Waals surface area contributed by atoms with Crippen LogP contribution in [0.4, 0.5) is 4.79 Å². The molecule has 3 rings (SSSR count). The van der Waals surface area contributed by atoms with Crippen molar-refractivity contribution in [3.63, 3.8) is 0 Å². The lowest BCUT2D eigenvalue weighted by atomic mass is 9.96. The van der Waals surface area contributed by atoms with Crippen LogP contribution in [0.15, 0.2) is 65.9 Å². The third-order valence-corrected chi connectivity index (χ3v) is 4.11. The number of allylic oxidation sites excluding steroid dienone is 1. The zero-order valence-corrected chi connectivity index (χ0v) is 14.2. The summed E-state index contributed by atoms with van der Waals surface area (Å²) in [6.45, 7) is 3.90. The second-order valence-electron chi connectivity index (χ2n) is 6.04. The van der Waals surface area contributed by atoms with E-state index in [1.165, 1.54) is 0 Å². The Labute approximate surface area is 146 Å². The van der Waals surface area contributed by atoms with Gasteiger partial charge >= 0.3 is 12.0 Å². The van der Waals surface area contributed by atoms with Crippen molar-refractivity contribution in [3.8, 4) is 0 Å². The van der Waals surface area contributed by atoms with Crippen LogP contribution in [-0.4, -0.2) is 12.0 Å². The Hall–Kier alpha value is -3.08. The van der Waals surface area contributed by atoms with Crippen LogP contribution in [0.3, 0.4) is 0 Å². The van der Waals surface area contributed by atoms with Crippen molar-refractivity contribution in [3.05, 3.63) is 82.6 Å². The summed E-state index contributed by atoms with van der Waals surface area (Å²) in [5, 5.41) is 5.44. The SMILES string of the molecule is CC1=C(C(=O)OCc2ccc(C)cc2)[C@@H](c2ccccc2)NC(=O)N1. The molecular weight excluding hydrogens is 316 g/mol. The second kappa shape index (κ2) is 7.21. The van der Waals surface area contributed by atoms with E-state index in [0.717, 1.165) is 16.7 Å². The molecular formula is C20H20N2O3. The number of amides is 2. The van der Waals surface area contributed by atoms with Gasteiger partial charge in [-0.3, -0.25) is 0 Å². The minimum atomic E-state index is -0.527. The fraction of sp³-hybridized carbons (Fsp3) is 0.200. The van der Waals surface area contributed by atoms with Crippen LogP contribution < -0.4 is 10.6 Å². The molecule has 2 amide bonds. The van der Waals surface area contributed by atoms with E-state index in [-0.39, 0.29) is 12.6 Å². The van der Waals surface area contributed by atoms with Crippen LogP contribution in [-0.2, 0) is 16.1 Å². The molecule has 2 N–H and O–H groups in total. The van der Waals surface area contributed by atoms with E-state index in [2.05, 4.69) is 10.6 Å². The molecule has 0 bridgehead atoms. The molecule has 0 radical (unpaired) electrons. The Kier molecular flexibility index (Phi) is 4.84. The average Bonchev–Trinajstić information content (AvgIpc) is 2.61. The number of hydrogen-bond donors (Lipinski definition) is 2. The van der Waals surface area contributed by atoms with Crippen molar-refractivity contribution in [2.45, 2.75) is 26.5 Å². The van der Waals surface area contributed by atoms with Crippen molar-refractivity contribution < 1.29 is 14.3 Å². The summed E-state index contributed by atoms with van der Waals surface area (Å²) in [7, 11) is 0. The number of rotatable bonds is 4. The van der Waals surface area contributed by atoms with E-state index in [1.54, 1.807) is 6.92 Å². The van der Waals surface area contributed by atoms with Crippen LogP contribution in [0.2, 0.25) is 0 Å². The van der Waals surface area contributed by atoms with E-state index in [4.69, 9.17) is 4.74 Å². The predicted octanol–water partition coefficient (Wildman–Crippen LogP) is 3.37. The lowest BCUT2D eigenvalue weighted by Gasteiger charge is -2.28. The number of ether oxygens (including phenoxy) is 1. The number of aryl methyl sites for hydroxylation is 1. The van der Waals surface area contributed by atoms with Gasteiger partial charge in [-0.2, -0.15) is 0 Å². The molecule has 0 spiro atoms. The number of carbonyl (C=O) groups excluding carboxylic acids is 2. The predicted molar refractivity (Wildman–Crippen MR) is 94.5 cm³/mol. The summed E-state index contributed by atoms with van der Waals surface area (Å²) in [5.41, 5.74) is 3.82. The summed E-state index contributed by atoms with van der Waals surface area (Å²) in [4.78, 5) is 24.5. The molecule has 1 heterocycles. The number of hydrogen-bond acceptors (Lipinski definition) is 3. The van der Waals surface area contributed by atoms with E-state index < -0.39 is 12.0 Å². The molecule has 128 valence electrons. The van der Waals surface area contributed by atoms with Crippen molar-refractivity contribution >= 4 is 12.0 Å². The van der Waals surface area contributed by atoms with Gasteiger partial charge in [0.2, 0.25) is 0 Å². The van der Waals surface area contributed by atoms with Crippen molar-refractivity contribution in [1.29, 1.82) is 0 Å². The zero-order chi connectivity index (χ0) is 17.8. The number of nitrogens with one attached hydrogen (secondary N) is 2. The molecule has 0 aliphatic carbocycles. The van der Waals surface area contributed by atoms with Crippen LogP contribution in [0.5, 0.6) is 0 Å². The Balaban J connectivity index is 1.81. The van der Waals surface area contributed by atoms with E-state index >= 15 is 0 Å². The molecule has 0 aromatic heterocycles. The second-order valence-corrected chi connectivity index (χ2v) is 6.04. The quantitative estimate of drug-likeness (QED) is 0.841. The van der Waals surface area contributed by atoms with Gasteiger partial charge in [0.1, 0.15) is 6.61 Å². The highest BCUT2D eigenvalue weighted by Crippen LogP contribution is 2.27. The van der Waals surface area contributed by atoms with Crippen molar-refractivity contribution in [1.82, 2.24) is 10.6 Å². The topological polar surface area (TPSA) is 67.4 Å². The monoisotopic (exact) mass is 336 g/mol. The minimum absolute atomic E-state index is 0.186. The highest BCUT2D eigenvalue weighted by Gasteiger charge is 2.32. The molecule has 1 aliphatic rings. The van der Waals surface area contributed by atoms with Crippen LogP contribution >= 0.6 is 0 Å². The largest absolute Gasteiger partial charge is 0.457 e. The smallest absolute Gasteiger partial charge is 0.338 e. The van der Waals surface area contributed by atoms with Crippen LogP contribution in [0.25, 0.3) is 0 Å². The van der Waals surface area contributed by atoms with E-state index in [9.17, 15) is 9.59 Å². The zero-order valence-electron chi connectivity index (χ0n) is 14.2. The van der Waals surface area contributed by atoms with Gasteiger partial charge < -0.3 is 15.4 Å². The Bertz CT molecular complexity index is 811. The first-order chi connectivity index (χ1) is 12.0. The van der Waals surface area contributed by atoms with Crippen molar-refractivity contribution in [2.75, 3.05) is 0 Å². The van der Waals surface area contributed by atoms with Crippen LogP contribution in [0.1, 0.15) is 29.7 Å². The van der Waals surface area contributed by atoms with Gasteiger partial charge in [0.05, 0.1) is 11.6 Å². The fourth-order valence-corrected chi connectivity index (χ4v) is 2.77. The molecule has 1 atom stereocenters. The normalized spacial score (nSPS) is 16.9. The molecule has 25 heavy (non-hydrogen) atoms. The summed E-state index contributed by atoms with van der Waals surface area (Å²) in [6.07, 6.45) is 0. The summed E-state index contributed by atoms with van der Waals surface area (Å²) >= 11 is 0. The van der Waals surface area contributed by atoms with Crippen molar-refractivity contribution in [2.24, 2.45) is 0 Å². The maximum atomic E-state index is 12.7. The average molecular weight is 336 g/mol. The van der Waals surface area contributed by atoms with Gasteiger partial charge in [-0.05, 0) is 25.0 Å². The standard InChI is InChI=1S/C20H20N2O3/c1-13-8-10-15(11-9-13)12-25-19(23)17-14(2)21-20(24)22-18(17)16-6-4-3-5-7-16/h3-11,18H,12H2,1-2H3,(H2,21,22,24)/t18-/m1/s1. The molecule has 5 heteroatoms. The third kappa shape index (κ3) is 3.88. The fourth-order valence-electron chi connectivity index (χ4n) is 2.77. The van der Waals surface area contributed by atoms with E-state index in [0.29, 0.717) is 11.3 Å². The van der Waals surface area contributed by atoms with Gasteiger partial charge in [-0.25, -0.2) is 9.59 Å². The minimum Gasteiger partial charge on any atom is -0.457 e. The van der Waals surface area contributed by atoms with Gasteiger partial charge in [-0.15, -0.1) is 0 Å². The lowest BCUT2D eigenvalue weighted by Crippen LogP contribution is -2.45. The Morgan fingerprint density at radius 1 is 1.04 bits per heavy atom. The van der Waals surface area contributed by atoms with Gasteiger partial charge in [0, 0.05) is 5.70 Å². The Morgan fingerprint density at radius 2 is 1.72 bits per heavy atom. The van der Waals surface area contributed by atoms with Crippen LogP contribution in [0, 0.1) is 6.92 Å². The first-order valence-corrected chi connectivity index (χ1v) is 8.10. The number of esters is 1. The first kappa shape index (κ1) is 16.8. The molecule has 0 saturated carbocycles. The molecule has 0 saturated heterocycles. The maximum Gasteiger partial charge on any atom is 0.338 e. The molecule has 2 aromatic carbocycles. The summed E-state index contributed by atoms with van der Waals surface area (Å²) < 4.78 is 5.48. The highest BCUT2D eigenvalue weighted by atomic mass is 16.5. The maximum absolute atomic E-state index is 12.7. The molecule has 0 unspecified atom stereocenters. The van der Waals surface area contributed by atoms with Gasteiger partial charge in [0.25, 0.3) is 0 Å². The number of urea groups is 1. The molecule has 1 aliphatic heterocycles. The summed E-state index contributed by atoms with van der Waals surface area (Å²) in [6, 6.07) is 16.3. The molecule has 2 aromatic rings.